The molecule has 1 amide bonds. The van der Waals surface area contributed by atoms with Gasteiger partial charge in [0.25, 0.3) is 5.91 Å². The first-order valence-corrected chi connectivity index (χ1v) is 11.1. The highest BCUT2D eigenvalue weighted by Gasteiger charge is 2.38. The highest BCUT2D eigenvalue weighted by atomic mass is 16.5. The normalized spacial score (nSPS) is 18.9. The number of piperidine rings is 1. The maximum Gasteiger partial charge on any atom is 0.274 e. The Morgan fingerprint density at radius 2 is 1.94 bits per heavy atom. The number of aryl methyl sites for hydroxylation is 1. The van der Waals surface area contributed by atoms with Crippen molar-refractivity contribution in [2.45, 2.75) is 51.3 Å². The fourth-order valence-corrected chi connectivity index (χ4v) is 5.02. The Morgan fingerprint density at radius 1 is 1.19 bits per heavy atom. The van der Waals surface area contributed by atoms with Crippen molar-refractivity contribution >= 4 is 11.6 Å². The lowest BCUT2D eigenvalue weighted by Gasteiger charge is -2.45. The molecule has 2 aliphatic rings. The van der Waals surface area contributed by atoms with Gasteiger partial charge in [0.2, 0.25) is 0 Å². The Hall–Kier alpha value is -2.70. The molecule has 3 aromatic rings. The molecule has 6 heteroatoms. The summed E-state index contributed by atoms with van der Waals surface area (Å²) >= 11 is 0. The number of likely N-dealkylation sites (tertiary alicyclic amines) is 1. The van der Waals surface area contributed by atoms with Crippen LogP contribution in [0.4, 0.5) is 0 Å². The van der Waals surface area contributed by atoms with Gasteiger partial charge >= 0.3 is 0 Å². The number of hydrogen-bond acceptors (Lipinski definition) is 4. The van der Waals surface area contributed by atoms with E-state index in [1.165, 1.54) is 11.1 Å². The zero-order chi connectivity index (χ0) is 21.6. The van der Waals surface area contributed by atoms with Crippen molar-refractivity contribution in [3.05, 3.63) is 70.7 Å². The minimum absolute atomic E-state index is 0.00365. The number of aromatic nitrogens is 2. The van der Waals surface area contributed by atoms with Gasteiger partial charge in [0.05, 0.1) is 6.10 Å². The minimum Gasteiger partial charge on any atom is -0.377 e. The van der Waals surface area contributed by atoms with E-state index < -0.39 is 0 Å². The molecule has 0 aliphatic carbocycles. The van der Waals surface area contributed by atoms with E-state index in [0.717, 1.165) is 55.7 Å². The lowest BCUT2D eigenvalue weighted by atomic mass is 9.78. The molecule has 0 saturated carbocycles. The number of imidazole rings is 1. The summed E-state index contributed by atoms with van der Waals surface area (Å²) in [5.74, 6) is 0.0236. The fraction of sp³-hybridized carbons (Fsp3) is 0.440. The summed E-state index contributed by atoms with van der Waals surface area (Å²) in [5.41, 5.74) is 6.41. The van der Waals surface area contributed by atoms with Crippen molar-refractivity contribution in [3.63, 3.8) is 0 Å². The number of nitrogens with one attached hydrogen (secondary N) is 1. The van der Waals surface area contributed by atoms with Crippen molar-refractivity contribution in [3.8, 4) is 0 Å². The van der Waals surface area contributed by atoms with Crippen LogP contribution in [0.15, 0.2) is 42.7 Å². The fourth-order valence-electron chi connectivity index (χ4n) is 5.02. The van der Waals surface area contributed by atoms with Gasteiger partial charge in [-0.05, 0) is 61.4 Å². The van der Waals surface area contributed by atoms with E-state index in [-0.39, 0.29) is 17.6 Å². The van der Waals surface area contributed by atoms with E-state index in [2.05, 4.69) is 40.6 Å². The number of pyridine rings is 1. The van der Waals surface area contributed by atoms with Gasteiger partial charge in [0.1, 0.15) is 11.3 Å². The molecule has 5 rings (SSSR count). The molecule has 2 aliphatic heterocycles. The number of ether oxygens (including phenoxy) is 1. The number of fused-ring (bicyclic) bond motifs is 2. The number of carbonyl (C=O) groups is 1. The molecule has 1 unspecified atom stereocenters. The molecule has 4 heterocycles. The molecule has 31 heavy (non-hydrogen) atoms. The lowest BCUT2D eigenvalue weighted by molar-refractivity contribution is 0.0626. The third-order valence-corrected chi connectivity index (χ3v) is 7.11. The van der Waals surface area contributed by atoms with Crippen LogP contribution in [0.25, 0.3) is 5.65 Å². The average Bonchev–Trinajstić information content (AvgIpc) is 3.23. The third-order valence-electron chi connectivity index (χ3n) is 7.11. The molecule has 2 aromatic heterocycles. The number of rotatable bonds is 3. The smallest absolute Gasteiger partial charge is 0.274 e. The molecule has 1 saturated heterocycles. The monoisotopic (exact) mass is 418 g/mol. The standard InChI is InChI=1S/C25H30N4O2/c1-17-12-21(18(2)31-3)15-29-16-22(27-23(17)29)24(30)28-10-8-25(9-11-28)13-19-6-4-5-7-20(19)14-26-25/h4-7,12,15-16,18,26H,8-11,13-14H2,1-3H3. The Bertz CT molecular complexity index is 1130. The van der Waals surface area contributed by atoms with Gasteiger partial charge in [0, 0.05) is 44.7 Å². The maximum absolute atomic E-state index is 13.2. The van der Waals surface area contributed by atoms with Crippen LogP contribution in [0.5, 0.6) is 0 Å². The van der Waals surface area contributed by atoms with Crippen molar-refractivity contribution in [1.82, 2.24) is 19.6 Å². The number of hydrogen-bond donors (Lipinski definition) is 1. The second-order valence-corrected chi connectivity index (χ2v) is 9.06. The van der Waals surface area contributed by atoms with Gasteiger partial charge in [-0.15, -0.1) is 0 Å². The molecule has 1 aromatic carbocycles. The maximum atomic E-state index is 13.2. The Balaban J connectivity index is 1.32. The summed E-state index contributed by atoms with van der Waals surface area (Å²) in [6.07, 6.45) is 6.84. The summed E-state index contributed by atoms with van der Waals surface area (Å²) in [5, 5.41) is 3.77. The second-order valence-electron chi connectivity index (χ2n) is 9.06. The Morgan fingerprint density at radius 3 is 2.68 bits per heavy atom. The number of benzene rings is 1. The van der Waals surface area contributed by atoms with Crippen molar-refractivity contribution in [2.75, 3.05) is 20.2 Å². The predicted molar refractivity (Wildman–Crippen MR) is 120 cm³/mol. The molecule has 1 atom stereocenters. The van der Waals surface area contributed by atoms with Gasteiger partial charge < -0.3 is 19.4 Å². The molecule has 1 N–H and O–H groups in total. The van der Waals surface area contributed by atoms with E-state index >= 15 is 0 Å². The summed E-state index contributed by atoms with van der Waals surface area (Å²) in [6, 6.07) is 10.8. The molecule has 6 nitrogen and oxygen atoms in total. The molecule has 0 radical (unpaired) electrons. The summed E-state index contributed by atoms with van der Waals surface area (Å²) in [4.78, 5) is 19.9. The second kappa shape index (κ2) is 7.77. The van der Waals surface area contributed by atoms with Crippen molar-refractivity contribution in [1.29, 1.82) is 0 Å². The zero-order valence-electron chi connectivity index (χ0n) is 18.5. The van der Waals surface area contributed by atoms with E-state index in [4.69, 9.17) is 4.74 Å². The first-order chi connectivity index (χ1) is 15.0. The van der Waals surface area contributed by atoms with E-state index in [1.54, 1.807) is 7.11 Å². The number of methoxy groups -OCH3 is 1. The van der Waals surface area contributed by atoms with Crippen molar-refractivity contribution in [2.24, 2.45) is 0 Å². The Labute approximate surface area is 183 Å². The third kappa shape index (κ3) is 3.64. The number of carbonyl (C=O) groups excluding carboxylic acids is 1. The molecular formula is C25H30N4O2. The first-order valence-electron chi connectivity index (χ1n) is 11.1. The van der Waals surface area contributed by atoms with Crippen LogP contribution in [0, 0.1) is 6.92 Å². The molecular weight excluding hydrogens is 388 g/mol. The number of amides is 1. The SMILES string of the molecule is COC(C)c1cc(C)c2nc(C(=O)N3CCC4(CC3)Cc3ccccc3CN4)cn2c1. The highest BCUT2D eigenvalue weighted by Crippen LogP contribution is 2.32. The van der Waals surface area contributed by atoms with Crippen LogP contribution in [0.1, 0.15) is 58.6 Å². The van der Waals surface area contributed by atoms with Gasteiger partial charge in [-0.1, -0.05) is 24.3 Å². The van der Waals surface area contributed by atoms with Gasteiger partial charge in [-0.25, -0.2) is 4.98 Å². The lowest BCUT2D eigenvalue weighted by Crippen LogP contribution is -2.57. The molecule has 1 fully saturated rings. The molecule has 0 bridgehead atoms. The zero-order valence-corrected chi connectivity index (χ0v) is 18.5. The summed E-state index contributed by atoms with van der Waals surface area (Å²) < 4.78 is 7.41. The predicted octanol–water partition coefficient (Wildman–Crippen LogP) is 3.67. The topological polar surface area (TPSA) is 58.9 Å². The van der Waals surface area contributed by atoms with Crippen LogP contribution in [-0.2, 0) is 17.7 Å². The van der Waals surface area contributed by atoms with Crippen LogP contribution in [-0.4, -0.2) is 45.9 Å². The van der Waals surface area contributed by atoms with E-state index in [0.29, 0.717) is 5.69 Å². The summed E-state index contributed by atoms with van der Waals surface area (Å²) in [7, 11) is 1.70. The van der Waals surface area contributed by atoms with Crippen LogP contribution >= 0.6 is 0 Å². The minimum atomic E-state index is -0.00365. The summed E-state index contributed by atoms with van der Waals surface area (Å²) in [6.45, 7) is 6.47. The van der Waals surface area contributed by atoms with Crippen LogP contribution in [0.3, 0.4) is 0 Å². The van der Waals surface area contributed by atoms with E-state index in [9.17, 15) is 4.79 Å². The van der Waals surface area contributed by atoms with E-state index in [1.807, 2.05) is 35.5 Å². The average molecular weight is 419 g/mol. The van der Waals surface area contributed by atoms with Gasteiger partial charge in [-0.2, -0.15) is 0 Å². The quantitative estimate of drug-likeness (QED) is 0.705. The molecule has 1 spiro atoms. The van der Waals surface area contributed by atoms with Crippen molar-refractivity contribution < 1.29 is 9.53 Å². The molecule has 162 valence electrons. The Kier molecular flexibility index (Phi) is 5.07. The van der Waals surface area contributed by atoms with Gasteiger partial charge in [0.15, 0.2) is 0 Å². The van der Waals surface area contributed by atoms with Crippen LogP contribution < -0.4 is 5.32 Å². The first kappa shape index (κ1) is 20.2. The largest absolute Gasteiger partial charge is 0.377 e. The highest BCUT2D eigenvalue weighted by molar-refractivity contribution is 5.93. The van der Waals surface area contributed by atoms with Gasteiger partial charge in [-0.3, -0.25) is 4.79 Å². The van der Waals surface area contributed by atoms with Crippen LogP contribution in [0.2, 0.25) is 0 Å². The number of nitrogens with zero attached hydrogens (tertiary/aromatic N) is 3.